The molecule has 26 atom stereocenters. The van der Waals surface area contributed by atoms with Crippen LogP contribution >= 0.6 is 0 Å². The van der Waals surface area contributed by atoms with Gasteiger partial charge in [0.25, 0.3) is 0 Å². The van der Waals surface area contributed by atoms with Crippen LogP contribution in [-0.4, -0.2) is 216 Å². The van der Waals surface area contributed by atoms with Gasteiger partial charge in [-0.25, -0.2) is 0 Å². The fraction of sp³-hybridized carbons (Fsp3) is 0.932. The molecule has 8 aliphatic rings. The van der Waals surface area contributed by atoms with Crippen LogP contribution in [0.5, 0.6) is 0 Å². The summed E-state index contributed by atoms with van der Waals surface area (Å²) in [6.45, 7) is 3.32. The number of rotatable bonds is 12. The molecule has 0 aromatic heterocycles. The highest BCUT2D eigenvalue weighted by molar-refractivity contribution is 5.95. The first-order valence-corrected chi connectivity index (χ1v) is 23.2. The Kier molecular flexibility index (Phi) is 15.2. The second-order valence-corrected chi connectivity index (χ2v) is 20.2. The second-order valence-electron chi connectivity index (χ2n) is 20.2. The van der Waals surface area contributed by atoms with Gasteiger partial charge in [0.1, 0.15) is 91.6 Å². The van der Waals surface area contributed by atoms with Crippen molar-refractivity contribution in [2.45, 2.75) is 195 Å². The molecule has 26 unspecified atom stereocenters. The van der Waals surface area contributed by atoms with Crippen LogP contribution in [0.3, 0.4) is 0 Å². The van der Waals surface area contributed by atoms with Crippen LogP contribution < -0.4 is 0 Å². The first-order valence-electron chi connectivity index (χ1n) is 23.2. The number of aliphatic hydroxyl groups excluding tert-OH is 12. The molecular formula is C44H70O21. The maximum Gasteiger partial charge on any atom is 0.187 e. The molecule has 21 heteroatoms. The molecule has 0 radical (unpaired) electrons. The number of carbonyl (C=O) groups excluding carboxylic acids is 1. The zero-order chi connectivity index (χ0) is 46.9. The third-order valence-corrected chi connectivity index (χ3v) is 16.7. The molecule has 0 spiro atoms. The lowest BCUT2D eigenvalue weighted by atomic mass is 9.44. The van der Waals surface area contributed by atoms with Crippen molar-refractivity contribution in [1.29, 1.82) is 0 Å². The van der Waals surface area contributed by atoms with E-state index >= 15 is 0 Å². The average Bonchev–Trinajstić information content (AvgIpc) is 3.65. The van der Waals surface area contributed by atoms with E-state index in [9.17, 15) is 66.1 Å². The maximum absolute atomic E-state index is 12.6. The number of aliphatic hydroxyl groups is 12. The summed E-state index contributed by atoms with van der Waals surface area (Å²) in [6.07, 6.45) is -23.9. The van der Waals surface area contributed by atoms with Gasteiger partial charge in [-0.15, -0.1) is 0 Å². The number of ether oxygens (including phenoxy) is 8. The predicted molar refractivity (Wildman–Crippen MR) is 216 cm³/mol. The van der Waals surface area contributed by atoms with Gasteiger partial charge in [-0.3, -0.25) is 4.79 Å². The Labute approximate surface area is 376 Å². The van der Waals surface area contributed by atoms with Crippen molar-refractivity contribution >= 4 is 5.78 Å². The molecule has 8 rings (SSSR count). The summed E-state index contributed by atoms with van der Waals surface area (Å²) < 4.78 is 47.5. The van der Waals surface area contributed by atoms with E-state index in [2.05, 4.69) is 19.9 Å². The van der Waals surface area contributed by atoms with E-state index in [1.54, 1.807) is 6.92 Å². The summed E-state index contributed by atoms with van der Waals surface area (Å²) in [6, 6.07) is 0. The standard InChI is InChI=1S/C44H70O21/c1-17(48)21-6-7-22-20-5-4-18-12-19(8-10-43(18,2)23(20)9-11-44(21,22)3)59-40-35(57)32(54)36(27(15-47)62-40)63-42-38(65-41-34(56)31(53)29(51)25(13-45)60-41)37(30(52)26(14-46)61-42)64-39-33(55)28(50)24(49)16-58-39/h6,18-20,22-42,45-47,49-57H,4-5,7-16H2,1-3H3. The summed E-state index contributed by atoms with van der Waals surface area (Å²) >= 11 is 0. The van der Waals surface area contributed by atoms with Gasteiger partial charge < -0.3 is 99.2 Å². The Morgan fingerprint density at radius 3 is 1.91 bits per heavy atom. The summed E-state index contributed by atoms with van der Waals surface area (Å²) in [5.41, 5.74) is 0.957. The van der Waals surface area contributed by atoms with Gasteiger partial charge in [0.2, 0.25) is 0 Å². The molecule has 3 saturated carbocycles. The zero-order valence-corrected chi connectivity index (χ0v) is 37.0. The highest BCUT2D eigenvalue weighted by Gasteiger charge is 2.61. The normalized spacial score (nSPS) is 53.7. The number of hydrogen-bond donors (Lipinski definition) is 12. The minimum absolute atomic E-state index is 0.0548. The van der Waals surface area contributed by atoms with Gasteiger partial charge in [-0.1, -0.05) is 19.9 Å². The highest BCUT2D eigenvalue weighted by atomic mass is 16.8. The van der Waals surface area contributed by atoms with E-state index in [1.807, 2.05) is 0 Å². The number of Topliss-reactive ketones (excluding diaryl/α,β-unsaturated/α-hetero) is 1. The van der Waals surface area contributed by atoms with E-state index < -0.39 is 143 Å². The third kappa shape index (κ3) is 9.03. The fourth-order valence-electron chi connectivity index (χ4n) is 13.0. The number of fused-ring (bicyclic) bond motifs is 5. The topological polar surface area (TPSA) is 334 Å². The van der Waals surface area contributed by atoms with Crippen molar-refractivity contribution in [2.24, 2.45) is 34.5 Å². The van der Waals surface area contributed by atoms with Crippen molar-refractivity contribution in [1.82, 2.24) is 0 Å². The number of carbonyl (C=O) groups is 1. The van der Waals surface area contributed by atoms with E-state index in [4.69, 9.17) is 37.9 Å². The molecule has 372 valence electrons. The summed E-state index contributed by atoms with van der Waals surface area (Å²) in [7, 11) is 0. The van der Waals surface area contributed by atoms with Crippen LogP contribution in [0.15, 0.2) is 11.6 Å². The van der Waals surface area contributed by atoms with E-state index in [-0.39, 0.29) is 22.7 Å². The lowest BCUT2D eigenvalue weighted by Crippen LogP contribution is -2.68. The number of allylic oxidation sites excluding steroid dienone is 2. The molecule has 0 bridgehead atoms. The van der Waals surface area contributed by atoms with Crippen LogP contribution in [0.1, 0.15) is 72.1 Å². The van der Waals surface area contributed by atoms with Crippen molar-refractivity contribution in [2.75, 3.05) is 26.4 Å². The van der Waals surface area contributed by atoms with Gasteiger partial charge in [0.15, 0.2) is 30.9 Å². The van der Waals surface area contributed by atoms with E-state index in [0.29, 0.717) is 36.5 Å². The molecule has 12 N–H and O–H groups in total. The van der Waals surface area contributed by atoms with Crippen LogP contribution in [0.25, 0.3) is 0 Å². The molecule has 0 aromatic carbocycles. The van der Waals surface area contributed by atoms with Crippen LogP contribution in [-0.2, 0) is 42.7 Å². The van der Waals surface area contributed by atoms with Crippen LogP contribution in [0.4, 0.5) is 0 Å². The smallest absolute Gasteiger partial charge is 0.187 e. The predicted octanol–water partition coefficient (Wildman–Crippen LogP) is -3.55. The Morgan fingerprint density at radius 1 is 0.615 bits per heavy atom. The first-order chi connectivity index (χ1) is 30.9. The Balaban J connectivity index is 0.972. The second kappa shape index (κ2) is 19.8. The van der Waals surface area contributed by atoms with Crippen molar-refractivity contribution in [3.63, 3.8) is 0 Å². The monoisotopic (exact) mass is 934 g/mol. The third-order valence-electron chi connectivity index (χ3n) is 16.7. The minimum Gasteiger partial charge on any atom is -0.394 e. The number of ketones is 1. The quantitative estimate of drug-likeness (QED) is 0.0843. The van der Waals surface area contributed by atoms with Gasteiger partial charge in [0.05, 0.1) is 32.5 Å². The molecule has 0 aromatic rings. The van der Waals surface area contributed by atoms with Crippen molar-refractivity contribution < 1.29 is 104 Å². The largest absolute Gasteiger partial charge is 0.394 e. The minimum atomic E-state index is -2.00. The van der Waals surface area contributed by atoms with E-state index in [1.165, 1.54) is 0 Å². The summed E-state index contributed by atoms with van der Waals surface area (Å²) in [5, 5.41) is 128. The van der Waals surface area contributed by atoms with Gasteiger partial charge in [-0.05, 0) is 98.4 Å². The summed E-state index contributed by atoms with van der Waals surface area (Å²) in [5.74, 6) is 1.96. The molecule has 4 aliphatic heterocycles. The number of hydrogen-bond acceptors (Lipinski definition) is 21. The fourth-order valence-corrected chi connectivity index (χ4v) is 13.0. The molecule has 65 heavy (non-hydrogen) atoms. The van der Waals surface area contributed by atoms with Gasteiger partial charge in [-0.2, -0.15) is 0 Å². The van der Waals surface area contributed by atoms with Crippen molar-refractivity contribution in [3.8, 4) is 0 Å². The van der Waals surface area contributed by atoms with Crippen LogP contribution in [0, 0.1) is 34.5 Å². The molecular weight excluding hydrogens is 864 g/mol. The van der Waals surface area contributed by atoms with E-state index in [0.717, 1.165) is 44.1 Å². The lowest BCUT2D eigenvalue weighted by Gasteiger charge is -2.61. The lowest BCUT2D eigenvalue weighted by molar-refractivity contribution is -0.404. The van der Waals surface area contributed by atoms with Crippen LogP contribution in [0.2, 0.25) is 0 Å². The first kappa shape index (κ1) is 50.0. The Hall–Kier alpha value is -1.39. The zero-order valence-electron chi connectivity index (χ0n) is 37.0. The van der Waals surface area contributed by atoms with Crippen molar-refractivity contribution in [3.05, 3.63) is 11.6 Å². The highest BCUT2D eigenvalue weighted by Crippen LogP contribution is 2.66. The van der Waals surface area contributed by atoms with Gasteiger partial charge in [0, 0.05) is 0 Å². The molecule has 7 fully saturated rings. The molecule has 4 aliphatic carbocycles. The van der Waals surface area contributed by atoms with Gasteiger partial charge >= 0.3 is 0 Å². The Bertz CT molecular complexity index is 1670. The Morgan fingerprint density at radius 2 is 1.22 bits per heavy atom. The maximum atomic E-state index is 12.6. The molecule has 0 amide bonds. The SMILES string of the molecule is CC(=O)C1=CCC2C3CCC4CC(OC5OC(CO)C(OC6OC(CO)C(O)C(OC7OCC(O)C(O)C7O)C6OC6OC(CO)C(O)C(O)C6O)C(O)C5O)CCC4(C)C3CCC12C. The summed E-state index contributed by atoms with van der Waals surface area (Å²) in [4.78, 5) is 12.6. The molecule has 4 saturated heterocycles. The average molecular weight is 935 g/mol. The molecule has 4 heterocycles. The molecule has 21 nitrogen and oxygen atoms in total.